The Bertz CT molecular complexity index is 109. The first-order chi connectivity index (χ1) is 4.33. The molecule has 1 aliphatic heterocycles. The van der Waals surface area contributed by atoms with Crippen molar-refractivity contribution in [3.63, 3.8) is 0 Å². The third-order valence-electron chi connectivity index (χ3n) is 1.63. The lowest BCUT2D eigenvalue weighted by Gasteiger charge is -1.99. The topological polar surface area (TPSA) is 26.3 Å². The largest absolute Gasteiger partial charge is 0.465 e. The Labute approximate surface area is 55.2 Å². The molecule has 0 aromatic heterocycles. The Morgan fingerprint density at radius 1 is 1.78 bits per heavy atom. The third kappa shape index (κ3) is 1.70. The van der Waals surface area contributed by atoms with Crippen molar-refractivity contribution in [3.8, 4) is 0 Å². The lowest BCUT2D eigenvalue weighted by Crippen LogP contribution is -1.96. The van der Waals surface area contributed by atoms with Crippen LogP contribution >= 0.6 is 0 Å². The summed E-state index contributed by atoms with van der Waals surface area (Å²) in [6, 6.07) is 0. The average molecular weight is 128 g/mol. The standard InChI is InChI=1S/C7H12O2/c1-2-3-6-4-7(8)9-5-6/h6H,2-5H2,1H3/t6-/m1/s1. The van der Waals surface area contributed by atoms with Gasteiger partial charge in [-0.25, -0.2) is 0 Å². The van der Waals surface area contributed by atoms with Gasteiger partial charge in [-0.2, -0.15) is 0 Å². The molecule has 0 radical (unpaired) electrons. The van der Waals surface area contributed by atoms with E-state index in [1.165, 1.54) is 0 Å². The molecule has 1 aliphatic rings. The van der Waals surface area contributed by atoms with Gasteiger partial charge in [0.2, 0.25) is 0 Å². The second-order valence-electron chi connectivity index (χ2n) is 2.54. The van der Waals surface area contributed by atoms with Crippen LogP contribution in [-0.2, 0) is 9.53 Å². The predicted octanol–water partition coefficient (Wildman–Crippen LogP) is 1.35. The van der Waals surface area contributed by atoms with Gasteiger partial charge >= 0.3 is 5.97 Å². The van der Waals surface area contributed by atoms with Crippen molar-refractivity contribution in [2.45, 2.75) is 26.2 Å². The minimum absolute atomic E-state index is 0.0200. The zero-order valence-electron chi connectivity index (χ0n) is 5.72. The molecule has 2 nitrogen and oxygen atoms in total. The van der Waals surface area contributed by atoms with Crippen molar-refractivity contribution in [2.24, 2.45) is 5.92 Å². The second kappa shape index (κ2) is 2.85. The van der Waals surface area contributed by atoms with Gasteiger partial charge in [-0.05, 0) is 6.42 Å². The summed E-state index contributed by atoms with van der Waals surface area (Å²) < 4.78 is 4.78. The molecule has 1 atom stereocenters. The molecule has 0 aliphatic carbocycles. The van der Waals surface area contributed by atoms with Crippen LogP contribution in [-0.4, -0.2) is 12.6 Å². The number of carbonyl (C=O) groups is 1. The Balaban J connectivity index is 2.22. The fraction of sp³-hybridized carbons (Fsp3) is 0.857. The molecule has 1 saturated heterocycles. The van der Waals surface area contributed by atoms with Crippen molar-refractivity contribution in [1.29, 1.82) is 0 Å². The molecule has 0 aromatic rings. The summed E-state index contributed by atoms with van der Waals surface area (Å²) >= 11 is 0. The maximum atomic E-state index is 10.5. The highest BCUT2D eigenvalue weighted by Crippen LogP contribution is 2.18. The SMILES string of the molecule is CCC[C@H]1COC(=O)C1. The molecule has 9 heavy (non-hydrogen) atoms. The van der Waals surface area contributed by atoms with Crippen LogP contribution in [0.3, 0.4) is 0 Å². The summed E-state index contributed by atoms with van der Waals surface area (Å²) in [5.41, 5.74) is 0. The molecule has 52 valence electrons. The fourth-order valence-electron chi connectivity index (χ4n) is 1.16. The second-order valence-corrected chi connectivity index (χ2v) is 2.54. The van der Waals surface area contributed by atoms with Gasteiger partial charge in [-0.1, -0.05) is 13.3 Å². The summed E-state index contributed by atoms with van der Waals surface area (Å²) in [6.45, 7) is 2.79. The molecule has 0 N–H and O–H groups in total. The number of hydrogen-bond acceptors (Lipinski definition) is 2. The summed E-state index contributed by atoms with van der Waals surface area (Å²) in [6.07, 6.45) is 2.93. The van der Waals surface area contributed by atoms with Gasteiger partial charge in [0.1, 0.15) is 0 Å². The highest BCUT2D eigenvalue weighted by Gasteiger charge is 2.21. The quantitative estimate of drug-likeness (QED) is 0.525. The fourth-order valence-corrected chi connectivity index (χ4v) is 1.16. The summed E-state index contributed by atoms with van der Waals surface area (Å²) in [7, 11) is 0. The molecule has 0 bridgehead atoms. The Morgan fingerprint density at radius 3 is 3.00 bits per heavy atom. The molecule has 0 spiro atoms. The van der Waals surface area contributed by atoms with Crippen LogP contribution in [0.1, 0.15) is 26.2 Å². The van der Waals surface area contributed by atoms with E-state index in [-0.39, 0.29) is 5.97 Å². The first kappa shape index (κ1) is 6.59. The van der Waals surface area contributed by atoms with Crippen molar-refractivity contribution < 1.29 is 9.53 Å². The number of rotatable bonds is 2. The van der Waals surface area contributed by atoms with E-state index in [0.717, 1.165) is 12.8 Å². The van der Waals surface area contributed by atoms with Crippen LogP contribution in [0, 0.1) is 5.92 Å². The van der Waals surface area contributed by atoms with Crippen LogP contribution in [0.5, 0.6) is 0 Å². The van der Waals surface area contributed by atoms with Gasteiger partial charge in [0, 0.05) is 5.92 Å². The van der Waals surface area contributed by atoms with Gasteiger partial charge in [-0.15, -0.1) is 0 Å². The zero-order chi connectivity index (χ0) is 6.69. The van der Waals surface area contributed by atoms with Gasteiger partial charge < -0.3 is 4.74 Å². The van der Waals surface area contributed by atoms with Gasteiger partial charge in [0.15, 0.2) is 0 Å². The van der Waals surface area contributed by atoms with Crippen LogP contribution in [0.2, 0.25) is 0 Å². The van der Waals surface area contributed by atoms with Gasteiger partial charge in [0.25, 0.3) is 0 Å². The molecule has 0 amide bonds. The van der Waals surface area contributed by atoms with E-state index in [0.29, 0.717) is 18.9 Å². The van der Waals surface area contributed by atoms with Crippen LogP contribution in [0.15, 0.2) is 0 Å². The molecule has 1 rings (SSSR count). The van der Waals surface area contributed by atoms with E-state index in [1.54, 1.807) is 0 Å². The predicted molar refractivity (Wildman–Crippen MR) is 34.0 cm³/mol. The van der Waals surface area contributed by atoms with Crippen LogP contribution in [0.25, 0.3) is 0 Å². The zero-order valence-corrected chi connectivity index (χ0v) is 5.72. The van der Waals surface area contributed by atoms with Crippen molar-refractivity contribution in [1.82, 2.24) is 0 Å². The third-order valence-corrected chi connectivity index (χ3v) is 1.63. The maximum Gasteiger partial charge on any atom is 0.306 e. The lowest BCUT2D eigenvalue weighted by atomic mass is 10.0. The van der Waals surface area contributed by atoms with Crippen LogP contribution in [0.4, 0.5) is 0 Å². The minimum Gasteiger partial charge on any atom is -0.465 e. The van der Waals surface area contributed by atoms with Crippen molar-refractivity contribution >= 4 is 5.97 Å². The van der Waals surface area contributed by atoms with E-state index in [4.69, 9.17) is 4.74 Å². The smallest absolute Gasteiger partial charge is 0.306 e. The van der Waals surface area contributed by atoms with Gasteiger partial charge in [0.05, 0.1) is 13.0 Å². The Hall–Kier alpha value is -0.530. The highest BCUT2D eigenvalue weighted by atomic mass is 16.5. The highest BCUT2D eigenvalue weighted by molar-refractivity contribution is 5.71. The van der Waals surface area contributed by atoms with Crippen molar-refractivity contribution in [2.75, 3.05) is 6.61 Å². The van der Waals surface area contributed by atoms with E-state index in [9.17, 15) is 4.79 Å². The Morgan fingerprint density at radius 2 is 2.56 bits per heavy atom. The number of carbonyl (C=O) groups excluding carboxylic acids is 1. The monoisotopic (exact) mass is 128 g/mol. The molecule has 2 heteroatoms. The van der Waals surface area contributed by atoms with Gasteiger partial charge in [-0.3, -0.25) is 4.79 Å². The average Bonchev–Trinajstić information content (AvgIpc) is 2.17. The van der Waals surface area contributed by atoms with Crippen molar-refractivity contribution in [3.05, 3.63) is 0 Å². The summed E-state index contributed by atoms with van der Waals surface area (Å²) in [4.78, 5) is 10.5. The minimum atomic E-state index is -0.0200. The maximum absolute atomic E-state index is 10.5. The molecule has 1 heterocycles. The molecular formula is C7H12O2. The Kier molecular flexibility index (Phi) is 2.09. The molecule has 0 unspecified atom stereocenters. The van der Waals surface area contributed by atoms with E-state index < -0.39 is 0 Å². The van der Waals surface area contributed by atoms with E-state index in [1.807, 2.05) is 0 Å². The lowest BCUT2D eigenvalue weighted by molar-refractivity contribution is -0.137. The summed E-state index contributed by atoms with van der Waals surface area (Å²) in [5, 5.41) is 0. The van der Waals surface area contributed by atoms with E-state index in [2.05, 4.69) is 6.92 Å². The number of hydrogen-bond donors (Lipinski definition) is 0. The molecular weight excluding hydrogens is 116 g/mol. The molecule has 0 aromatic carbocycles. The number of ether oxygens (including phenoxy) is 1. The van der Waals surface area contributed by atoms with E-state index >= 15 is 0 Å². The molecule has 1 fully saturated rings. The normalized spacial score (nSPS) is 26.3. The first-order valence-electron chi connectivity index (χ1n) is 3.48. The first-order valence-corrected chi connectivity index (χ1v) is 3.48. The number of esters is 1. The number of cyclic esters (lactones) is 1. The summed E-state index contributed by atoms with van der Waals surface area (Å²) in [5.74, 6) is 0.496. The molecule has 0 saturated carbocycles. The van der Waals surface area contributed by atoms with Crippen LogP contribution < -0.4 is 0 Å².